The lowest BCUT2D eigenvalue weighted by atomic mass is 9.65. The number of methoxy groups -OCH3 is 1. The molecule has 2 N–H and O–H groups in total. The van der Waals surface area contributed by atoms with Crippen LogP contribution in [0.15, 0.2) is 176 Å². The highest BCUT2D eigenvalue weighted by Crippen LogP contribution is 2.67. The molecule has 0 saturated carbocycles. The molecule has 6 atom stereocenters. The van der Waals surface area contributed by atoms with E-state index in [2.05, 4.69) is 17.2 Å². The van der Waals surface area contributed by atoms with Gasteiger partial charge in [-0.15, -0.1) is 0 Å². The van der Waals surface area contributed by atoms with E-state index in [1.165, 1.54) is 35.6 Å². The lowest BCUT2D eigenvalue weighted by Gasteiger charge is -2.46. The maximum Gasteiger partial charge on any atom is 0.421 e. The molecule has 0 bridgehead atoms. The number of esters is 1. The number of hydrogen-bond donors (Lipinski definition) is 2. The molecule has 3 amide bonds. The van der Waals surface area contributed by atoms with E-state index in [1.54, 1.807) is 79.9 Å². The second-order valence-electron chi connectivity index (χ2n) is 18.2. The lowest BCUT2D eigenvalue weighted by molar-refractivity contribution is -0.384. The molecule has 3 aliphatic heterocycles. The first kappa shape index (κ1) is 49.0. The first-order chi connectivity index (χ1) is 37.1. The van der Waals surface area contributed by atoms with Gasteiger partial charge in [-0.05, 0) is 95.1 Å². The minimum atomic E-state index is -2.23. The number of aliphatic hydroxyl groups excluding tert-OH is 1. The largest absolute Gasteiger partial charge is 0.497 e. The number of non-ortho nitro benzene ring substituents is 1. The average Bonchev–Trinajstić information content (AvgIpc) is 4.14. The van der Waals surface area contributed by atoms with Gasteiger partial charge in [-0.2, -0.15) is 0 Å². The van der Waals surface area contributed by atoms with Crippen LogP contribution in [0.4, 0.5) is 21.3 Å². The zero-order valence-corrected chi connectivity index (χ0v) is 41.3. The van der Waals surface area contributed by atoms with Crippen molar-refractivity contribution in [2.45, 2.75) is 36.3 Å². The van der Waals surface area contributed by atoms with Crippen molar-refractivity contribution in [2.24, 2.45) is 5.92 Å². The summed E-state index contributed by atoms with van der Waals surface area (Å²) in [5.74, 6) is 3.08. The van der Waals surface area contributed by atoms with Gasteiger partial charge in [0.1, 0.15) is 42.3 Å². The third kappa shape index (κ3) is 8.73. The fourth-order valence-corrected chi connectivity index (χ4v) is 11.6. The summed E-state index contributed by atoms with van der Waals surface area (Å²) in [7, 11) is 1.56. The van der Waals surface area contributed by atoms with Gasteiger partial charge in [-0.1, -0.05) is 114 Å². The van der Waals surface area contributed by atoms with Gasteiger partial charge >= 0.3 is 12.1 Å². The van der Waals surface area contributed by atoms with E-state index in [1.807, 2.05) is 83.8 Å². The van der Waals surface area contributed by atoms with E-state index in [-0.39, 0.29) is 41.0 Å². The van der Waals surface area contributed by atoms with Crippen LogP contribution in [0.1, 0.15) is 57.1 Å². The number of anilines is 2. The molecule has 16 nitrogen and oxygen atoms in total. The number of hydrogen-bond acceptors (Lipinski definition) is 14. The highest BCUT2D eigenvalue weighted by atomic mass is 32.1. The van der Waals surface area contributed by atoms with Crippen molar-refractivity contribution in [1.29, 1.82) is 0 Å². The van der Waals surface area contributed by atoms with Gasteiger partial charge in [0.25, 0.3) is 5.69 Å². The number of fused-ring (bicyclic) bond motifs is 4. The summed E-state index contributed by atoms with van der Waals surface area (Å²) in [6, 6.07) is 46.5. The van der Waals surface area contributed by atoms with Gasteiger partial charge in [-0.3, -0.25) is 29.4 Å². The number of aliphatic hydroxyl groups is 1. The normalized spacial score (nSPS) is 20.5. The number of carbonyl (C=O) groups excluding carboxylic acids is 4. The van der Waals surface area contributed by atoms with E-state index in [4.69, 9.17) is 23.9 Å². The molecule has 0 unspecified atom stereocenters. The monoisotopic (exact) mass is 1030 g/mol. The van der Waals surface area contributed by atoms with Crippen LogP contribution in [0, 0.1) is 27.9 Å². The van der Waals surface area contributed by atoms with Crippen molar-refractivity contribution in [1.82, 2.24) is 9.88 Å². The molecule has 2 saturated heterocycles. The van der Waals surface area contributed by atoms with Crippen molar-refractivity contribution in [2.75, 3.05) is 30.5 Å². The number of rotatable bonds is 12. The van der Waals surface area contributed by atoms with Crippen LogP contribution in [0.2, 0.25) is 0 Å². The summed E-state index contributed by atoms with van der Waals surface area (Å²) < 4.78 is 25.0. The van der Waals surface area contributed by atoms with Crippen LogP contribution in [0.3, 0.4) is 0 Å². The third-order valence-corrected chi connectivity index (χ3v) is 14.9. The first-order valence-corrected chi connectivity index (χ1v) is 25.0. The molecule has 0 radical (unpaired) electrons. The van der Waals surface area contributed by atoms with Crippen LogP contribution in [-0.4, -0.2) is 70.2 Å². The number of carbonyl (C=O) groups is 4. The van der Waals surface area contributed by atoms with E-state index in [0.717, 1.165) is 9.60 Å². The molecule has 17 heteroatoms. The Morgan fingerprint density at radius 1 is 0.816 bits per heavy atom. The number of thiazole rings is 1. The average molecular weight is 1030 g/mol. The number of amides is 3. The SMILES string of the molecule is COc1ccc(C#Cc2ccc3c(c2)[C@]2(C(=O)N3C(=O)OCc3ccc([N+](=O)[O-])cc3)[C@H](c3ccccc3OCCO)N3[C@H](c4ccccc4)[C@H](c4ccccc4)OC(=O)[C@H]3[C@@H]2C(=O)Nc2nc3ccccc3s2)cc1. The number of nitro benzene ring substituents is 1. The molecule has 11 rings (SSSR count). The van der Waals surface area contributed by atoms with Gasteiger partial charge < -0.3 is 29.4 Å². The van der Waals surface area contributed by atoms with Gasteiger partial charge in [0.05, 0.1) is 52.5 Å². The first-order valence-electron chi connectivity index (χ1n) is 24.2. The standard InChI is InChI=1S/C59H45N5O11S/c1-72-42-29-24-36(25-30-42)20-21-37-26-31-46-44(34-37)59(56(68)62(46)58(69)74-35-38-22-27-41(28-23-38)64(70)71)49(54(66)61-57-60-45-17-9-11-19-48(45)76-57)51-55(67)75-52(40-14-6-3-7-15-40)50(39-12-4-2-5-13-39)63(51)53(59)43-16-8-10-18-47(43)73-33-32-65/h2-19,22-31,34,49-53,65H,32-33,35H2,1H3,(H,60,61,66)/t49-,50-,51-,52+,53+,59-/m1/s1. The van der Waals surface area contributed by atoms with E-state index in [0.29, 0.717) is 44.6 Å². The van der Waals surface area contributed by atoms with Crippen molar-refractivity contribution in [3.63, 3.8) is 0 Å². The summed E-state index contributed by atoms with van der Waals surface area (Å²) in [4.78, 5) is 82.1. The molecule has 3 aliphatic rings. The fraction of sp³-hybridized carbons (Fsp3) is 0.169. The minimum Gasteiger partial charge on any atom is -0.497 e. The number of ether oxygens (including phenoxy) is 4. The third-order valence-electron chi connectivity index (χ3n) is 14.0. The quantitative estimate of drug-likeness (QED) is 0.0508. The Morgan fingerprint density at radius 3 is 2.20 bits per heavy atom. The maximum absolute atomic E-state index is 16.8. The van der Waals surface area contributed by atoms with Crippen molar-refractivity contribution < 1.29 is 48.2 Å². The molecule has 378 valence electrons. The van der Waals surface area contributed by atoms with Gasteiger partial charge in [0.2, 0.25) is 11.8 Å². The molecule has 76 heavy (non-hydrogen) atoms. The zero-order chi connectivity index (χ0) is 52.5. The van der Waals surface area contributed by atoms with E-state index < -0.39 is 71.0 Å². The summed E-state index contributed by atoms with van der Waals surface area (Å²) >= 11 is 1.21. The van der Waals surface area contributed by atoms with Crippen molar-refractivity contribution in [3.05, 3.63) is 225 Å². The summed E-state index contributed by atoms with van der Waals surface area (Å²) in [5, 5.41) is 24.9. The highest BCUT2D eigenvalue weighted by Gasteiger charge is 2.76. The molecular weight excluding hydrogens is 987 g/mol. The molecule has 1 spiro atoms. The fourth-order valence-electron chi connectivity index (χ4n) is 10.8. The van der Waals surface area contributed by atoms with Crippen LogP contribution >= 0.6 is 11.3 Å². The minimum absolute atomic E-state index is 0.0503. The Morgan fingerprint density at radius 2 is 1.49 bits per heavy atom. The molecule has 7 aromatic carbocycles. The van der Waals surface area contributed by atoms with Crippen LogP contribution in [0.25, 0.3) is 10.2 Å². The Hall–Kier alpha value is -9.21. The second kappa shape index (κ2) is 20.6. The van der Waals surface area contributed by atoms with Crippen LogP contribution in [0.5, 0.6) is 11.5 Å². The second-order valence-corrected chi connectivity index (χ2v) is 19.2. The molecule has 4 heterocycles. The van der Waals surface area contributed by atoms with E-state index >= 15 is 19.2 Å². The number of morpholine rings is 1. The Bertz CT molecular complexity index is 3570. The number of benzene rings is 7. The lowest BCUT2D eigenvalue weighted by Crippen LogP contribution is -2.54. The van der Waals surface area contributed by atoms with Crippen molar-refractivity contribution in [3.8, 4) is 23.3 Å². The zero-order valence-electron chi connectivity index (χ0n) is 40.5. The van der Waals surface area contributed by atoms with Crippen molar-refractivity contribution >= 4 is 61.9 Å². The summed E-state index contributed by atoms with van der Waals surface area (Å²) in [6.07, 6.45) is -2.13. The number of para-hydroxylation sites is 2. The highest BCUT2D eigenvalue weighted by molar-refractivity contribution is 7.22. The molecule has 2 fully saturated rings. The molecular formula is C59H45N5O11S. The Balaban J connectivity index is 1.18. The van der Waals surface area contributed by atoms with E-state index in [9.17, 15) is 15.2 Å². The Labute approximate surface area is 439 Å². The molecule has 8 aromatic rings. The number of imide groups is 1. The summed E-state index contributed by atoms with van der Waals surface area (Å²) in [6.45, 7) is -0.923. The van der Waals surface area contributed by atoms with Gasteiger partial charge in [-0.25, -0.2) is 14.7 Å². The molecule has 0 aliphatic carbocycles. The van der Waals surface area contributed by atoms with Gasteiger partial charge in [0, 0.05) is 28.8 Å². The predicted octanol–water partition coefficient (Wildman–Crippen LogP) is 9.63. The Kier molecular flexibility index (Phi) is 13.3. The number of nitrogens with one attached hydrogen (secondary N) is 1. The smallest absolute Gasteiger partial charge is 0.421 e. The maximum atomic E-state index is 16.8. The van der Waals surface area contributed by atoms with Crippen LogP contribution in [-0.2, 0) is 35.9 Å². The topological polar surface area (TPSA) is 200 Å². The predicted molar refractivity (Wildman–Crippen MR) is 281 cm³/mol. The van der Waals surface area contributed by atoms with Gasteiger partial charge in [0.15, 0.2) is 5.13 Å². The summed E-state index contributed by atoms with van der Waals surface area (Å²) in [5.41, 5.74) is 1.52. The number of nitrogens with zero attached hydrogens (tertiary/aromatic N) is 4. The number of cyclic esters (lactones) is 1. The number of nitro groups is 1. The molecule has 1 aromatic heterocycles. The number of aromatic nitrogens is 1. The van der Waals surface area contributed by atoms with Crippen LogP contribution < -0.4 is 19.7 Å².